The van der Waals surface area contributed by atoms with Crippen molar-refractivity contribution in [2.24, 2.45) is 0 Å². The van der Waals surface area contributed by atoms with Crippen LogP contribution in [-0.4, -0.2) is 55.5 Å². The van der Waals surface area contributed by atoms with Crippen LogP contribution in [0.25, 0.3) is 0 Å². The van der Waals surface area contributed by atoms with Crippen LogP contribution in [-0.2, 0) is 9.59 Å². The first-order valence-corrected chi connectivity index (χ1v) is 10.4. The predicted molar refractivity (Wildman–Crippen MR) is 113 cm³/mol. The number of piperazine rings is 1. The van der Waals surface area contributed by atoms with Crippen LogP contribution < -0.4 is 14.5 Å². The lowest BCUT2D eigenvalue weighted by molar-refractivity contribution is -0.123. The van der Waals surface area contributed by atoms with E-state index in [0.29, 0.717) is 44.2 Å². The van der Waals surface area contributed by atoms with Gasteiger partial charge in [-0.2, -0.15) is 0 Å². The Kier molecular flexibility index (Phi) is 5.99. The van der Waals surface area contributed by atoms with Gasteiger partial charge in [-0.1, -0.05) is 19.1 Å². The molecule has 0 saturated carbocycles. The van der Waals surface area contributed by atoms with Gasteiger partial charge in [-0.05, 0) is 42.8 Å². The minimum atomic E-state index is -0.462. The van der Waals surface area contributed by atoms with E-state index in [4.69, 9.17) is 4.74 Å². The van der Waals surface area contributed by atoms with Gasteiger partial charge in [0.1, 0.15) is 11.6 Å². The summed E-state index contributed by atoms with van der Waals surface area (Å²) in [5.74, 6) is 0.0986. The van der Waals surface area contributed by atoms with Crippen molar-refractivity contribution in [3.05, 3.63) is 54.3 Å². The van der Waals surface area contributed by atoms with Crippen LogP contribution in [0.4, 0.5) is 15.8 Å². The van der Waals surface area contributed by atoms with Gasteiger partial charge in [-0.15, -0.1) is 0 Å². The van der Waals surface area contributed by atoms with Crippen LogP contribution in [0.2, 0.25) is 0 Å². The highest BCUT2D eigenvalue weighted by Crippen LogP contribution is 2.29. The molecule has 30 heavy (non-hydrogen) atoms. The maximum atomic E-state index is 14.1. The summed E-state index contributed by atoms with van der Waals surface area (Å²) in [4.78, 5) is 30.9. The summed E-state index contributed by atoms with van der Waals surface area (Å²) in [5.41, 5.74) is 1.15. The summed E-state index contributed by atoms with van der Waals surface area (Å²) in [6.07, 6.45) is 1.09. The van der Waals surface area contributed by atoms with Gasteiger partial charge in [0.25, 0.3) is 5.91 Å². The average Bonchev–Trinajstić information content (AvgIpc) is 3.07. The van der Waals surface area contributed by atoms with E-state index < -0.39 is 6.04 Å². The van der Waals surface area contributed by atoms with E-state index in [0.717, 1.165) is 12.2 Å². The van der Waals surface area contributed by atoms with E-state index in [2.05, 4.69) is 0 Å². The largest absolute Gasteiger partial charge is 0.494 e. The maximum absolute atomic E-state index is 14.1. The second-order valence-electron chi connectivity index (χ2n) is 7.60. The van der Waals surface area contributed by atoms with Gasteiger partial charge in [0.15, 0.2) is 0 Å². The zero-order valence-electron chi connectivity index (χ0n) is 17.1. The lowest BCUT2D eigenvalue weighted by Gasteiger charge is -2.38. The number of halogens is 1. The number of ether oxygens (including phenoxy) is 1. The Bertz CT molecular complexity index is 910. The second kappa shape index (κ2) is 8.83. The molecule has 7 heteroatoms. The lowest BCUT2D eigenvalue weighted by Crippen LogP contribution is -2.52. The van der Waals surface area contributed by atoms with Crippen LogP contribution in [0.1, 0.15) is 19.8 Å². The molecule has 0 bridgehead atoms. The highest BCUT2D eigenvalue weighted by molar-refractivity contribution is 6.22. The molecule has 0 spiro atoms. The van der Waals surface area contributed by atoms with Crippen molar-refractivity contribution in [1.29, 1.82) is 0 Å². The van der Waals surface area contributed by atoms with Gasteiger partial charge >= 0.3 is 0 Å². The Morgan fingerprint density at radius 3 is 2.37 bits per heavy atom. The summed E-state index contributed by atoms with van der Waals surface area (Å²) in [6, 6.07) is 13.3. The van der Waals surface area contributed by atoms with Crippen molar-refractivity contribution in [2.45, 2.75) is 25.8 Å². The molecule has 0 aliphatic carbocycles. The number of carbonyl (C=O) groups excluding carboxylic acids is 2. The van der Waals surface area contributed by atoms with Gasteiger partial charge in [-0.3, -0.25) is 14.5 Å². The highest BCUT2D eigenvalue weighted by atomic mass is 19.1. The molecule has 1 atom stereocenters. The number of rotatable bonds is 6. The van der Waals surface area contributed by atoms with E-state index in [-0.39, 0.29) is 24.1 Å². The molecule has 0 aromatic heterocycles. The Morgan fingerprint density at radius 2 is 1.70 bits per heavy atom. The standard InChI is InChI=1S/C23H26FN3O3/c1-2-15-30-18-9-7-17(8-10-18)27-22(28)16-21(23(27)29)26-13-11-25(12-14-26)20-6-4-3-5-19(20)24/h3-10,21H,2,11-16H2,1H3/t21-/m0/s1. The number of nitrogens with zero attached hydrogens (tertiary/aromatic N) is 3. The predicted octanol–water partition coefficient (Wildman–Crippen LogP) is 3.07. The molecule has 0 radical (unpaired) electrons. The molecule has 2 heterocycles. The topological polar surface area (TPSA) is 53.1 Å². The zero-order valence-corrected chi connectivity index (χ0v) is 17.1. The van der Waals surface area contributed by atoms with Crippen molar-refractivity contribution < 1.29 is 18.7 Å². The fraction of sp³-hybridized carbons (Fsp3) is 0.391. The first-order chi connectivity index (χ1) is 14.6. The van der Waals surface area contributed by atoms with Crippen LogP contribution in [0.5, 0.6) is 5.75 Å². The summed E-state index contributed by atoms with van der Waals surface area (Å²) in [5, 5.41) is 0. The molecule has 0 unspecified atom stereocenters. The molecule has 0 N–H and O–H groups in total. The van der Waals surface area contributed by atoms with Crippen molar-refractivity contribution in [3.8, 4) is 5.75 Å². The fourth-order valence-electron chi connectivity index (χ4n) is 4.07. The van der Waals surface area contributed by atoms with Crippen molar-refractivity contribution >= 4 is 23.2 Å². The minimum Gasteiger partial charge on any atom is -0.494 e. The first-order valence-electron chi connectivity index (χ1n) is 10.4. The normalized spacial score (nSPS) is 20.1. The van der Waals surface area contributed by atoms with E-state index >= 15 is 0 Å². The van der Waals surface area contributed by atoms with Crippen molar-refractivity contribution in [3.63, 3.8) is 0 Å². The van der Waals surface area contributed by atoms with E-state index in [1.54, 1.807) is 36.4 Å². The van der Waals surface area contributed by atoms with Crippen LogP contribution in [0.15, 0.2) is 48.5 Å². The van der Waals surface area contributed by atoms with E-state index in [1.807, 2.05) is 22.8 Å². The van der Waals surface area contributed by atoms with E-state index in [9.17, 15) is 14.0 Å². The SMILES string of the molecule is CCCOc1ccc(N2C(=O)C[C@H](N3CCN(c4ccccc4F)CC3)C2=O)cc1. The molecule has 2 aromatic carbocycles. The number of hydrogen-bond donors (Lipinski definition) is 0. The minimum absolute atomic E-state index is 0.173. The summed E-state index contributed by atoms with van der Waals surface area (Å²) in [6.45, 7) is 5.10. The Labute approximate surface area is 175 Å². The Hall–Kier alpha value is -2.93. The Balaban J connectivity index is 1.40. The second-order valence-corrected chi connectivity index (χ2v) is 7.60. The van der Waals surface area contributed by atoms with Crippen LogP contribution in [0, 0.1) is 5.82 Å². The van der Waals surface area contributed by atoms with Gasteiger partial charge < -0.3 is 9.64 Å². The smallest absolute Gasteiger partial charge is 0.251 e. The number of benzene rings is 2. The number of para-hydroxylation sites is 1. The molecule has 2 fully saturated rings. The third kappa shape index (κ3) is 4.03. The molecule has 2 saturated heterocycles. The summed E-state index contributed by atoms with van der Waals surface area (Å²) < 4.78 is 19.6. The van der Waals surface area contributed by atoms with Crippen LogP contribution in [0.3, 0.4) is 0 Å². The number of anilines is 2. The third-order valence-corrected chi connectivity index (χ3v) is 5.64. The molecule has 2 aliphatic heterocycles. The number of hydrogen-bond acceptors (Lipinski definition) is 5. The number of imide groups is 1. The summed E-state index contributed by atoms with van der Waals surface area (Å²) in [7, 11) is 0. The molecule has 6 nitrogen and oxygen atoms in total. The molecular formula is C23H26FN3O3. The number of carbonyl (C=O) groups is 2. The van der Waals surface area contributed by atoms with Crippen molar-refractivity contribution in [2.75, 3.05) is 42.6 Å². The molecular weight excluding hydrogens is 385 g/mol. The molecule has 2 amide bonds. The molecule has 2 aliphatic rings. The number of amides is 2. The van der Waals surface area contributed by atoms with Gasteiger partial charge in [0.05, 0.1) is 30.4 Å². The first kappa shape index (κ1) is 20.3. The monoisotopic (exact) mass is 411 g/mol. The third-order valence-electron chi connectivity index (χ3n) is 5.64. The Morgan fingerprint density at radius 1 is 1.00 bits per heavy atom. The fourth-order valence-corrected chi connectivity index (χ4v) is 4.07. The van der Waals surface area contributed by atoms with Gasteiger partial charge in [0, 0.05) is 26.2 Å². The average molecular weight is 411 g/mol. The maximum Gasteiger partial charge on any atom is 0.251 e. The highest BCUT2D eigenvalue weighted by Gasteiger charge is 2.43. The quantitative estimate of drug-likeness (QED) is 0.684. The van der Waals surface area contributed by atoms with Crippen LogP contribution >= 0.6 is 0 Å². The van der Waals surface area contributed by atoms with Crippen molar-refractivity contribution in [1.82, 2.24) is 4.90 Å². The van der Waals surface area contributed by atoms with Gasteiger partial charge in [-0.25, -0.2) is 9.29 Å². The molecule has 2 aromatic rings. The summed E-state index contributed by atoms with van der Waals surface area (Å²) >= 11 is 0. The lowest BCUT2D eigenvalue weighted by atomic mass is 10.1. The van der Waals surface area contributed by atoms with Gasteiger partial charge in [0.2, 0.25) is 5.91 Å². The van der Waals surface area contributed by atoms with E-state index in [1.165, 1.54) is 11.0 Å². The zero-order chi connectivity index (χ0) is 21.1. The molecule has 4 rings (SSSR count). The molecule has 158 valence electrons.